The van der Waals surface area contributed by atoms with Crippen LogP contribution in [-0.4, -0.2) is 62.4 Å². The van der Waals surface area contributed by atoms with Crippen LogP contribution in [0.5, 0.6) is 0 Å². The van der Waals surface area contributed by atoms with Gasteiger partial charge < -0.3 is 15.1 Å². The Morgan fingerprint density at radius 2 is 1.81 bits per heavy atom. The quantitative estimate of drug-likeness (QED) is 0.649. The number of carbonyl (C=O) groups is 1. The Morgan fingerprint density at radius 1 is 1.09 bits per heavy atom. The molecular formula is C23H28ClN7O. The number of anilines is 1. The van der Waals surface area contributed by atoms with Crippen molar-refractivity contribution in [3.63, 3.8) is 0 Å². The van der Waals surface area contributed by atoms with Crippen LogP contribution in [0, 0.1) is 0 Å². The van der Waals surface area contributed by atoms with Gasteiger partial charge in [0, 0.05) is 37.6 Å². The highest BCUT2D eigenvalue weighted by atomic mass is 35.5. The summed E-state index contributed by atoms with van der Waals surface area (Å²) in [4.78, 5) is 26.5. The molecule has 2 aromatic heterocycles. The van der Waals surface area contributed by atoms with Gasteiger partial charge in [-0.3, -0.25) is 0 Å². The van der Waals surface area contributed by atoms with Gasteiger partial charge in [0.05, 0.1) is 22.3 Å². The summed E-state index contributed by atoms with van der Waals surface area (Å²) in [5, 5.41) is 9.20. The Bertz CT molecular complexity index is 1160. The number of amides is 2. The van der Waals surface area contributed by atoms with E-state index in [1.807, 2.05) is 60.8 Å². The second kappa shape index (κ2) is 7.92. The van der Waals surface area contributed by atoms with Crippen LogP contribution in [-0.2, 0) is 0 Å². The molecule has 1 saturated heterocycles. The standard InChI is InChI=1S/C23H28ClN7O/c1-23(2,3)28-22(32)30-12-10-29(11-13-30)20-16-14-25-31(18-7-5-4-6-17(18)24)21(16)27-19(26-20)15-8-9-15/h4-7,14-15H,8-13H2,1-3H3,(H,28,32). The smallest absolute Gasteiger partial charge is 0.317 e. The van der Waals surface area contributed by atoms with Gasteiger partial charge in [0.1, 0.15) is 11.6 Å². The molecule has 1 aliphatic heterocycles. The van der Waals surface area contributed by atoms with Gasteiger partial charge in [0.15, 0.2) is 5.65 Å². The number of carbonyl (C=O) groups excluding carboxylic acids is 1. The predicted octanol–water partition coefficient (Wildman–Crippen LogP) is 3.98. The topological polar surface area (TPSA) is 79.2 Å². The SMILES string of the molecule is CC(C)(C)NC(=O)N1CCN(c2nc(C3CC3)nc3c2cnn3-c2ccccc2Cl)CC1. The molecule has 0 spiro atoms. The first-order valence-electron chi connectivity index (χ1n) is 11.1. The van der Waals surface area contributed by atoms with E-state index >= 15 is 0 Å². The number of fused-ring (bicyclic) bond motifs is 1. The fraction of sp³-hybridized carbons (Fsp3) is 0.478. The lowest BCUT2D eigenvalue weighted by molar-refractivity contribution is 0.185. The van der Waals surface area contributed by atoms with E-state index in [-0.39, 0.29) is 11.6 Å². The van der Waals surface area contributed by atoms with Crippen molar-refractivity contribution in [2.45, 2.75) is 45.1 Å². The summed E-state index contributed by atoms with van der Waals surface area (Å²) < 4.78 is 1.81. The second-order valence-electron chi connectivity index (χ2n) is 9.58. The van der Waals surface area contributed by atoms with E-state index in [9.17, 15) is 4.79 Å². The molecule has 32 heavy (non-hydrogen) atoms. The highest BCUT2D eigenvalue weighted by Crippen LogP contribution is 2.40. The molecule has 2 amide bonds. The molecule has 2 fully saturated rings. The minimum atomic E-state index is -0.250. The summed E-state index contributed by atoms with van der Waals surface area (Å²) >= 11 is 6.45. The molecule has 3 aromatic rings. The second-order valence-corrected chi connectivity index (χ2v) is 9.99. The van der Waals surface area contributed by atoms with Crippen LogP contribution in [0.15, 0.2) is 30.5 Å². The molecule has 3 heterocycles. The van der Waals surface area contributed by atoms with Gasteiger partial charge in [-0.15, -0.1) is 0 Å². The summed E-state index contributed by atoms with van der Waals surface area (Å²) in [6.07, 6.45) is 4.06. The van der Waals surface area contributed by atoms with Crippen LogP contribution in [0.3, 0.4) is 0 Å². The van der Waals surface area contributed by atoms with E-state index in [4.69, 9.17) is 21.6 Å². The molecular weight excluding hydrogens is 426 g/mol. The number of halogens is 1. The molecule has 1 aliphatic carbocycles. The fourth-order valence-corrected chi connectivity index (χ4v) is 4.21. The minimum Gasteiger partial charge on any atom is -0.352 e. The zero-order valence-corrected chi connectivity index (χ0v) is 19.4. The molecule has 0 radical (unpaired) electrons. The first-order chi connectivity index (χ1) is 15.3. The average Bonchev–Trinajstić information content (AvgIpc) is 3.52. The summed E-state index contributed by atoms with van der Waals surface area (Å²) in [5.41, 5.74) is 1.33. The fourth-order valence-electron chi connectivity index (χ4n) is 4.00. The lowest BCUT2D eigenvalue weighted by Crippen LogP contribution is -2.55. The third kappa shape index (κ3) is 4.11. The van der Waals surface area contributed by atoms with Crippen molar-refractivity contribution in [2.24, 2.45) is 0 Å². The first-order valence-corrected chi connectivity index (χ1v) is 11.5. The van der Waals surface area contributed by atoms with Gasteiger partial charge in [-0.25, -0.2) is 19.4 Å². The van der Waals surface area contributed by atoms with Crippen molar-refractivity contribution < 1.29 is 4.79 Å². The summed E-state index contributed by atoms with van der Waals surface area (Å²) in [6, 6.07) is 7.63. The molecule has 0 unspecified atom stereocenters. The van der Waals surface area contributed by atoms with Crippen LogP contribution in [0.4, 0.5) is 10.6 Å². The Labute approximate surface area is 192 Å². The highest BCUT2D eigenvalue weighted by molar-refractivity contribution is 6.32. The lowest BCUT2D eigenvalue weighted by Gasteiger charge is -2.37. The van der Waals surface area contributed by atoms with E-state index in [1.54, 1.807) is 0 Å². The number of para-hydroxylation sites is 1. The van der Waals surface area contributed by atoms with Gasteiger partial charge in [-0.1, -0.05) is 23.7 Å². The molecule has 0 atom stereocenters. The molecule has 2 aliphatic rings. The van der Waals surface area contributed by atoms with Gasteiger partial charge >= 0.3 is 6.03 Å². The lowest BCUT2D eigenvalue weighted by atomic mass is 10.1. The van der Waals surface area contributed by atoms with Crippen molar-refractivity contribution in [2.75, 3.05) is 31.1 Å². The zero-order valence-electron chi connectivity index (χ0n) is 18.7. The van der Waals surface area contributed by atoms with Crippen molar-refractivity contribution in [3.8, 4) is 5.69 Å². The van der Waals surface area contributed by atoms with Gasteiger partial charge in [0.25, 0.3) is 0 Å². The molecule has 0 bridgehead atoms. The molecule has 1 aromatic carbocycles. The number of piperazine rings is 1. The maximum absolute atomic E-state index is 12.6. The van der Waals surface area contributed by atoms with Crippen LogP contribution >= 0.6 is 11.6 Å². The molecule has 8 nitrogen and oxygen atoms in total. The van der Waals surface area contributed by atoms with E-state index in [0.29, 0.717) is 37.1 Å². The number of hydrogen-bond acceptors (Lipinski definition) is 5. The number of hydrogen-bond donors (Lipinski definition) is 1. The third-order valence-electron chi connectivity index (χ3n) is 5.80. The number of rotatable bonds is 3. The Hall–Kier alpha value is -2.87. The Balaban J connectivity index is 1.46. The molecule has 9 heteroatoms. The summed E-state index contributed by atoms with van der Waals surface area (Å²) in [5.74, 6) is 2.17. The summed E-state index contributed by atoms with van der Waals surface area (Å²) in [6.45, 7) is 8.70. The maximum atomic E-state index is 12.6. The molecule has 5 rings (SSSR count). The summed E-state index contributed by atoms with van der Waals surface area (Å²) in [7, 11) is 0. The van der Waals surface area contributed by atoms with Crippen LogP contribution in [0.2, 0.25) is 5.02 Å². The molecule has 168 valence electrons. The van der Waals surface area contributed by atoms with Crippen molar-refractivity contribution >= 4 is 34.5 Å². The monoisotopic (exact) mass is 453 g/mol. The minimum absolute atomic E-state index is 0.0183. The van der Waals surface area contributed by atoms with Crippen LogP contribution < -0.4 is 10.2 Å². The van der Waals surface area contributed by atoms with Crippen LogP contribution in [0.1, 0.15) is 45.4 Å². The first kappa shape index (κ1) is 21.0. The van der Waals surface area contributed by atoms with Gasteiger partial charge in [-0.2, -0.15) is 5.10 Å². The van der Waals surface area contributed by atoms with Gasteiger partial charge in [0.2, 0.25) is 0 Å². The normalized spacial score (nSPS) is 17.1. The van der Waals surface area contributed by atoms with E-state index in [1.165, 1.54) is 0 Å². The van der Waals surface area contributed by atoms with E-state index in [0.717, 1.165) is 41.2 Å². The number of nitrogens with one attached hydrogen (secondary N) is 1. The average molecular weight is 454 g/mol. The Kier molecular flexibility index (Phi) is 5.20. The van der Waals surface area contributed by atoms with Crippen molar-refractivity contribution in [3.05, 3.63) is 41.3 Å². The Morgan fingerprint density at radius 3 is 2.47 bits per heavy atom. The van der Waals surface area contributed by atoms with Crippen LogP contribution in [0.25, 0.3) is 16.7 Å². The zero-order chi connectivity index (χ0) is 22.5. The number of urea groups is 1. The molecule has 1 saturated carbocycles. The largest absolute Gasteiger partial charge is 0.352 e. The maximum Gasteiger partial charge on any atom is 0.317 e. The molecule has 1 N–H and O–H groups in total. The third-order valence-corrected chi connectivity index (χ3v) is 6.12. The van der Waals surface area contributed by atoms with E-state index in [2.05, 4.69) is 15.3 Å². The van der Waals surface area contributed by atoms with Crippen molar-refractivity contribution in [1.29, 1.82) is 0 Å². The number of benzene rings is 1. The van der Waals surface area contributed by atoms with E-state index < -0.39 is 0 Å². The van der Waals surface area contributed by atoms with Gasteiger partial charge in [-0.05, 0) is 45.7 Å². The number of aromatic nitrogens is 4. The number of nitrogens with zero attached hydrogens (tertiary/aromatic N) is 6. The highest BCUT2D eigenvalue weighted by Gasteiger charge is 2.31. The predicted molar refractivity (Wildman–Crippen MR) is 126 cm³/mol. The van der Waals surface area contributed by atoms with Crippen molar-refractivity contribution in [1.82, 2.24) is 30.0 Å².